The second-order valence-electron chi connectivity index (χ2n) is 5.87. The second-order valence-corrected chi connectivity index (χ2v) is 5.87. The molecule has 1 aliphatic carbocycles. The highest BCUT2D eigenvalue weighted by Crippen LogP contribution is 2.32. The number of benzene rings is 1. The molecule has 0 bridgehead atoms. The van der Waals surface area contributed by atoms with Crippen LogP contribution in [0.2, 0.25) is 0 Å². The minimum Gasteiger partial charge on any atom is -0.493 e. The van der Waals surface area contributed by atoms with Gasteiger partial charge in [-0.05, 0) is 12.5 Å². The standard InChI is InChI=1S/C20H24O4/c1-3-5-6-7-8-9-14-23-16-12-10-11-15-17(16)19(22)20(18(15)21)24-13-4-2/h10-12,20H,3,5-9,14H2,1-2H3. The van der Waals surface area contributed by atoms with E-state index in [-0.39, 0.29) is 11.6 Å². The van der Waals surface area contributed by atoms with Gasteiger partial charge < -0.3 is 9.47 Å². The van der Waals surface area contributed by atoms with E-state index in [1.807, 2.05) is 0 Å². The number of Topliss-reactive ketones (excluding diaryl/α,β-unsaturated/α-hetero) is 2. The Hall–Kier alpha value is -2.28. The maximum Gasteiger partial charge on any atom is 0.235 e. The molecule has 0 spiro atoms. The first-order valence-electron chi connectivity index (χ1n) is 8.62. The second kappa shape index (κ2) is 9.12. The molecule has 2 rings (SSSR count). The van der Waals surface area contributed by atoms with Gasteiger partial charge in [-0.2, -0.15) is 0 Å². The maximum absolute atomic E-state index is 12.4. The van der Waals surface area contributed by atoms with Crippen LogP contribution >= 0.6 is 0 Å². The number of ketones is 2. The van der Waals surface area contributed by atoms with Crippen LogP contribution in [0.4, 0.5) is 0 Å². The number of ether oxygens (including phenoxy) is 2. The summed E-state index contributed by atoms with van der Waals surface area (Å²) in [6, 6.07) is 5.10. The Balaban J connectivity index is 1.96. The van der Waals surface area contributed by atoms with E-state index in [9.17, 15) is 9.59 Å². The molecule has 1 aliphatic rings. The minimum absolute atomic E-state index is 0.330. The lowest BCUT2D eigenvalue weighted by atomic mass is 10.1. The van der Waals surface area contributed by atoms with Crippen molar-refractivity contribution in [3.8, 4) is 17.8 Å². The van der Waals surface area contributed by atoms with Gasteiger partial charge in [0.2, 0.25) is 17.7 Å². The fraction of sp³-hybridized carbons (Fsp3) is 0.500. The summed E-state index contributed by atoms with van der Waals surface area (Å²) >= 11 is 0. The fourth-order valence-electron chi connectivity index (χ4n) is 2.79. The monoisotopic (exact) mass is 328 g/mol. The summed E-state index contributed by atoms with van der Waals surface area (Å²) in [5.74, 6) is 2.29. The summed E-state index contributed by atoms with van der Waals surface area (Å²) in [6.07, 6.45) is 8.19. The Morgan fingerprint density at radius 1 is 1.04 bits per heavy atom. The smallest absolute Gasteiger partial charge is 0.235 e. The predicted octanol–water partition coefficient (Wildman–Crippen LogP) is 4.17. The zero-order valence-corrected chi connectivity index (χ0v) is 14.4. The van der Waals surface area contributed by atoms with Gasteiger partial charge in [0.15, 0.2) is 0 Å². The van der Waals surface area contributed by atoms with E-state index in [0.29, 0.717) is 23.5 Å². The zero-order valence-electron chi connectivity index (χ0n) is 14.4. The minimum atomic E-state index is -1.16. The Morgan fingerprint density at radius 2 is 1.79 bits per heavy atom. The summed E-state index contributed by atoms with van der Waals surface area (Å²) < 4.78 is 10.8. The molecule has 0 saturated heterocycles. The van der Waals surface area contributed by atoms with Gasteiger partial charge in [0.05, 0.1) is 12.2 Å². The SMILES string of the molecule is CC#COC1C(=O)c2cccc(OCCCCCCCC)c2C1=O. The van der Waals surface area contributed by atoms with Crippen molar-refractivity contribution < 1.29 is 19.1 Å². The van der Waals surface area contributed by atoms with Gasteiger partial charge in [-0.15, -0.1) is 0 Å². The molecule has 1 aromatic rings. The predicted molar refractivity (Wildman–Crippen MR) is 92.3 cm³/mol. The summed E-state index contributed by atoms with van der Waals surface area (Å²) in [6.45, 7) is 4.33. The molecule has 0 N–H and O–H groups in total. The van der Waals surface area contributed by atoms with Crippen LogP contribution in [0.3, 0.4) is 0 Å². The first-order valence-corrected chi connectivity index (χ1v) is 8.62. The van der Waals surface area contributed by atoms with Crippen LogP contribution in [-0.4, -0.2) is 24.3 Å². The Morgan fingerprint density at radius 3 is 2.54 bits per heavy atom. The Bertz CT molecular complexity index is 651. The van der Waals surface area contributed by atoms with Crippen molar-refractivity contribution in [2.24, 2.45) is 0 Å². The molecule has 24 heavy (non-hydrogen) atoms. The van der Waals surface area contributed by atoms with E-state index in [2.05, 4.69) is 19.0 Å². The average molecular weight is 328 g/mol. The van der Waals surface area contributed by atoms with Gasteiger partial charge in [-0.3, -0.25) is 9.59 Å². The molecule has 0 fully saturated rings. The molecule has 1 atom stereocenters. The maximum atomic E-state index is 12.4. The van der Waals surface area contributed by atoms with Crippen molar-refractivity contribution in [1.82, 2.24) is 0 Å². The lowest BCUT2D eigenvalue weighted by Crippen LogP contribution is -2.24. The number of carbonyl (C=O) groups excluding carboxylic acids is 2. The van der Waals surface area contributed by atoms with Gasteiger partial charge in [-0.25, -0.2) is 0 Å². The summed E-state index contributed by atoms with van der Waals surface area (Å²) in [5, 5.41) is 0. The Labute approximate surface area is 143 Å². The first-order chi connectivity index (χ1) is 11.7. The van der Waals surface area contributed by atoms with E-state index in [4.69, 9.17) is 9.47 Å². The largest absolute Gasteiger partial charge is 0.493 e. The quantitative estimate of drug-likeness (QED) is 0.388. The number of carbonyl (C=O) groups is 2. The van der Waals surface area contributed by atoms with E-state index in [1.54, 1.807) is 25.1 Å². The molecule has 0 heterocycles. The van der Waals surface area contributed by atoms with Gasteiger partial charge in [0.25, 0.3) is 0 Å². The molecular weight excluding hydrogens is 304 g/mol. The van der Waals surface area contributed by atoms with E-state index < -0.39 is 6.10 Å². The van der Waals surface area contributed by atoms with Crippen molar-refractivity contribution in [1.29, 1.82) is 0 Å². The summed E-state index contributed by atoms with van der Waals surface area (Å²) in [5.41, 5.74) is 0.694. The highest BCUT2D eigenvalue weighted by Gasteiger charge is 2.42. The number of fused-ring (bicyclic) bond motifs is 1. The molecule has 0 radical (unpaired) electrons. The van der Waals surface area contributed by atoms with Gasteiger partial charge >= 0.3 is 0 Å². The third kappa shape index (κ3) is 4.17. The zero-order chi connectivity index (χ0) is 17.4. The van der Waals surface area contributed by atoms with Crippen molar-refractivity contribution in [3.63, 3.8) is 0 Å². The van der Waals surface area contributed by atoms with E-state index in [0.717, 1.165) is 12.8 Å². The fourth-order valence-corrected chi connectivity index (χ4v) is 2.79. The molecular formula is C20H24O4. The van der Waals surface area contributed by atoms with Crippen LogP contribution in [0, 0.1) is 12.0 Å². The van der Waals surface area contributed by atoms with Crippen LogP contribution in [0.15, 0.2) is 18.2 Å². The topological polar surface area (TPSA) is 52.6 Å². The van der Waals surface area contributed by atoms with Crippen molar-refractivity contribution >= 4 is 11.6 Å². The van der Waals surface area contributed by atoms with Crippen molar-refractivity contribution in [2.45, 2.75) is 58.5 Å². The molecule has 0 saturated carbocycles. The third-order valence-electron chi connectivity index (χ3n) is 4.05. The van der Waals surface area contributed by atoms with E-state index >= 15 is 0 Å². The lowest BCUT2D eigenvalue weighted by Gasteiger charge is -2.09. The van der Waals surface area contributed by atoms with Crippen LogP contribution in [-0.2, 0) is 4.74 Å². The molecule has 4 heteroatoms. The van der Waals surface area contributed by atoms with Crippen molar-refractivity contribution in [3.05, 3.63) is 29.3 Å². The van der Waals surface area contributed by atoms with E-state index in [1.165, 1.54) is 25.7 Å². The summed E-state index contributed by atoms with van der Waals surface area (Å²) in [4.78, 5) is 24.7. The number of hydrogen-bond acceptors (Lipinski definition) is 4. The van der Waals surface area contributed by atoms with Gasteiger partial charge in [0.1, 0.15) is 11.9 Å². The van der Waals surface area contributed by atoms with Crippen LogP contribution in [0.25, 0.3) is 0 Å². The molecule has 4 nitrogen and oxygen atoms in total. The molecule has 0 aromatic heterocycles. The van der Waals surface area contributed by atoms with Crippen LogP contribution in [0.5, 0.6) is 5.75 Å². The normalized spacial score (nSPS) is 15.7. The van der Waals surface area contributed by atoms with Crippen molar-refractivity contribution in [2.75, 3.05) is 6.61 Å². The highest BCUT2D eigenvalue weighted by atomic mass is 16.5. The molecule has 0 amide bonds. The number of rotatable bonds is 9. The summed E-state index contributed by atoms with van der Waals surface area (Å²) in [7, 11) is 0. The molecule has 1 aromatic carbocycles. The molecule has 0 aliphatic heterocycles. The molecule has 1 unspecified atom stereocenters. The first kappa shape index (κ1) is 18.1. The van der Waals surface area contributed by atoms with Gasteiger partial charge in [-0.1, -0.05) is 57.1 Å². The molecule has 128 valence electrons. The Kier molecular flexibility index (Phi) is 6.87. The highest BCUT2D eigenvalue weighted by molar-refractivity contribution is 6.29. The number of unbranched alkanes of at least 4 members (excludes halogenated alkanes) is 5. The van der Waals surface area contributed by atoms with Gasteiger partial charge in [0, 0.05) is 12.5 Å². The lowest BCUT2D eigenvalue weighted by molar-refractivity contribution is 0.0658. The third-order valence-corrected chi connectivity index (χ3v) is 4.05. The van der Waals surface area contributed by atoms with Crippen LogP contribution in [0.1, 0.15) is 73.1 Å². The number of hydrogen-bond donors (Lipinski definition) is 0. The average Bonchev–Trinajstić information content (AvgIpc) is 2.84. The van der Waals surface area contributed by atoms with Crippen LogP contribution < -0.4 is 4.74 Å².